The van der Waals surface area contributed by atoms with E-state index in [1.807, 2.05) is 0 Å². The molecule has 1 atom stereocenters. The van der Waals surface area contributed by atoms with Crippen LogP contribution in [-0.2, 0) is 0 Å². The highest BCUT2D eigenvalue weighted by Crippen LogP contribution is 2.16. The molecule has 0 aliphatic carbocycles. The number of unbranched alkanes of at least 4 members (excludes halogenated alkanes) is 12. The fraction of sp³-hybridized carbons (Fsp3) is 1.00. The van der Waals surface area contributed by atoms with Gasteiger partial charge in [0.05, 0.1) is 0 Å². The SMILES string of the molecule is CCCCCCCCCCCCCCCC(Br)CCO. The lowest BCUT2D eigenvalue weighted by Gasteiger charge is -2.07. The molecule has 0 rings (SSSR count). The second-order valence-electron chi connectivity index (χ2n) is 6.14. The fourth-order valence-electron chi connectivity index (χ4n) is 2.67. The average Bonchev–Trinajstić information content (AvgIpc) is 2.44. The van der Waals surface area contributed by atoms with E-state index in [0.717, 1.165) is 6.42 Å². The number of alkyl halides is 1. The van der Waals surface area contributed by atoms with E-state index < -0.39 is 0 Å². The molecule has 2 heteroatoms. The molecule has 1 N–H and O–H groups in total. The van der Waals surface area contributed by atoms with Gasteiger partial charge in [0.15, 0.2) is 0 Å². The van der Waals surface area contributed by atoms with Crippen LogP contribution in [0.5, 0.6) is 0 Å². The van der Waals surface area contributed by atoms with E-state index in [2.05, 4.69) is 22.9 Å². The Morgan fingerprint density at radius 2 is 1.05 bits per heavy atom. The highest BCUT2D eigenvalue weighted by molar-refractivity contribution is 9.09. The van der Waals surface area contributed by atoms with Gasteiger partial charge in [-0.25, -0.2) is 0 Å². The third-order valence-electron chi connectivity index (χ3n) is 4.06. The van der Waals surface area contributed by atoms with Crippen molar-refractivity contribution in [2.75, 3.05) is 6.61 Å². The normalized spacial score (nSPS) is 12.8. The Morgan fingerprint density at radius 3 is 1.45 bits per heavy atom. The van der Waals surface area contributed by atoms with Gasteiger partial charge in [0.1, 0.15) is 0 Å². The van der Waals surface area contributed by atoms with Gasteiger partial charge in [-0.15, -0.1) is 0 Å². The summed E-state index contributed by atoms with van der Waals surface area (Å²) in [6, 6.07) is 0. The molecule has 0 heterocycles. The summed E-state index contributed by atoms with van der Waals surface area (Å²) in [6.07, 6.45) is 20.5. The van der Waals surface area contributed by atoms with Gasteiger partial charge < -0.3 is 5.11 Å². The van der Waals surface area contributed by atoms with E-state index in [-0.39, 0.29) is 0 Å². The minimum atomic E-state index is 0.314. The molecule has 0 saturated heterocycles. The second-order valence-corrected chi connectivity index (χ2v) is 7.44. The average molecular weight is 349 g/mol. The first-order valence-electron chi connectivity index (χ1n) is 9.06. The largest absolute Gasteiger partial charge is 0.396 e. The Kier molecular flexibility index (Phi) is 17.9. The molecule has 0 spiro atoms. The monoisotopic (exact) mass is 348 g/mol. The molecule has 0 bridgehead atoms. The fourth-order valence-corrected chi connectivity index (χ4v) is 3.20. The van der Waals surface area contributed by atoms with Crippen LogP contribution in [0.1, 0.15) is 103 Å². The van der Waals surface area contributed by atoms with Gasteiger partial charge in [-0.2, -0.15) is 0 Å². The number of hydrogen-bond donors (Lipinski definition) is 1. The van der Waals surface area contributed by atoms with Crippen LogP contribution in [0.25, 0.3) is 0 Å². The quantitative estimate of drug-likeness (QED) is 0.245. The van der Waals surface area contributed by atoms with E-state index in [1.54, 1.807) is 0 Å². The van der Waals surface area contributed by atoms with E-state index in [1.165, 1.54) is 89.9 Å². The van der Waals surface area contributed by atoms with Crippen molar-refractivity contribution < 1.29 is 5.11 Å². The number of rotatable bonds is 16. The topological polar surface area (TPSA) is 20.2 Å². The minimum Gasteiger partial charge on any atom is -0.396 e. The van der Waals surface area contributed by atoms with Crippen molar-refractivity contribution in [1.82, 2.24) is 0 Å². The van der Waals surface area contributed by atoms with Crippen molar-refractivity contribution in [1.29, 1.82) is 0 Å². The van der Waals surface area contributed by atoms with Crippen molar-refractivity contribution in [2.45, 2.75) is 108 Å². The van der Waals surface area contributed by atoms with Crippen LogP contribution in [0.15, 0.2) is 0 Å². The molecule has 0 aromatic heterocycles. The zero-order chi connectivity index (χ0) is 14.9. The summed E-state index contributed by atoms with van der Waals surface area (Å²) in [7, 11) is 0. The number of hydrogen-bond acceptors (Lipinski definition) is 1. The molecule has 1 unspecified atom stereocenters. The summed E-state index contributed by atoms with van der Waals surface area (Å²) in [5.41, 5.74) is 0. The van der Waals surface area contributed by atoms with Crippen LogP contribution < -0.4 is 0 Å². The molecule has 20 heavy (non-hydrogen) atoms. The Bertz CT molecular complexity index is 173. The number of aliphatic hydroxyl groups excluding tert-OH is 1. The van der Waals surface area contributed by atoms with Gasteiger partial charge in [0, 0.05) is 11.4 Å². The summed E-state index contributed by atoms with van der Waals surface area (Å²) < 4.78 is 0. The van der Waals surface area contributed by atoms with E-state index in [4.69, 9.17) is 5.11 Å². The maximum atomic E-state index is 8.81. The van der Waals surface area contributed by atoms with Gasteiger partial charge in [0.2, 0.25) is 0 Å². The molecule has 0 saturated carbocycles. The Labute approximate surface area is 136 Å². The molecule has 0 aromatic carbocycles. The van der Waals surface area contributed by atoms with E-state index >= 15 is 0 Å². The highest BCUT2D eigenvalue weighted by Gasteiger charge is 2.02. The Morgan fingerprint density at radius 1 is 0.650 bits per heavy atom. The minimum absolute atomic E-state index is 0.314. The molecule has 0 aliphatic rings. The third kappa shape index (κ3) is 16.5. The first-order valence-corrected chi connectivity index (χ1v) is 9.97. The van der Waals surface area contributed by atoms with Crippen LogP contribution in [-0.4, -0.2) is 16.5 Å². The van der Waals surface area contributed by atoms with Gasteiger partial charge in [0.25, 0.3) is 0 Å². The first-order chi connectivity index (χ1) is 9.81. The van der Waals surface area contributed by atoms with Crippen molar-refractivity contribution in [3.8, 4) is 0 Å². The Hall–Kier alpha value is 0.440. The molecule has 0 fully saturated rings. The van der Waals surface area contributed by atoms with Crippen LogP contribution >= 0.6 is 15.9 Å². The number of halogens is 1. The van der Waals surface area contributed by atoms with Gasteiger partial charge in [-0.1, -0.05) is 106 Å². The van der Waals surface area contributed by atoms with E-state index in [0.29, 0.717) is 11.4 Å². The van der Waals surface area contributed by atoms with Crippen molar-refractivity contribution in [3.05, 3.63) is 0 Å². The van der Waals surface area contributed by atoms with Gasteiger partial charge in [-0.05, 0) is 12.8 Å². The van der Waals surface area contributed by atoms with Crippen molar-refractivity contribution in [2.24, 2.45) is 0 Å². The second kappa shape index (κ2) is 17.5. The molecular weight excluding hydrogens is 312 g/mol. The predicted octanol–water partition coefficient (Wildman–Crippen LogP) is 6.61. The van der Waals surface area contributed by atoms with Crippen LogP contribution in [0, 0.1) is 0 Å². The maximum Gasteiger partial charge on any atom is 0.0441 e. The maximum absolute atomic E-state index is 8.81. The lowest BCUT2D eigenvalue weighted by Crippen LogP contribution is -2.00. The van der Waals surface area contributed by atoms with Crippen LogP contribution in [0.2, 0.25) is 0 Å². The number of aliphatic hydroxyl groups is 1. The first kappa shape index (κ1) is 20.4. The summed E-state index contributed by atoms with van der Waals surface area (Å²) in [5.74, 6) is 0. The molecule has 1 nitrogen and oxygen atoms in total. The molecule has 0 radical (unpaired) electrons. The standard InChI is InChI=1S/C18H37BrO/c1-2-3-4-5-6-7-8-9-10-11-12-13-14-15-18(19)16-17-20/h18,20H,2-17H2,1H3. The lowest BCUT2D eigenvalue weighted by molar-refractivity contribution is 0.285. The molecule has 0 amide bonds. The van der Waals surface area contributed by atoms with E-state index in [9.17, 15) is 0 Å². The smallest absolute Gasteiger partial charge is 0.0441 e. The van der Waals surface area contributed by atoms with Crippen molar-refractivity contribution >= 4 is 15.9 Å². The van der Waals surface area contributed by atoms with Crippen LogP contribution in [0.3, 0.4) is 0 Å². The molecular formula is C18H37BrO. The zero-order valence-electron chi connectivity index (χ0n) is 13.7. The summed E-state index contributed by atoms with van der Waals surface area (Å²) in [6.45, 7) is 2.60. The molecule has 0 aromatic rings. The summed E-state index contributed by atoms with van der Waals surface area (Å²) >= 11 is 3.61. The van der Waals surface area contributed by atoms with Crippen LogP contribution in [0.4, 0.5) is 0 Å². The predicted molar refractivity (Wildman–Crippen MR) is 94.7 cm³/mol. The zero-order valence-corrected chi connectivity index (χ0v) is 15.3. The molecule has 0 aliphatic heterocycles. The summed E-state index contributed by atoms with van der Waals surface area (Å²) in [4.78, 5) is 0.528. The Balaban J connectivity index is 2.99. The highest BCUT2D eigenvalue weighted by atomic mass is 79.9. The molecule has 122 valence electrons. The van der Waals surface area contributed by atoms with Gasteiger partial charge >= 0.3 is 0 Å². The summed E-state index contributed by atoms with van der Waals surface area (Å²) in [5, 5.41) is 8.81. The van der Waals surface area contributed by atoms with Gasteiger partial charge in [-0.3, -0.25) is 0 Å². The third-order valence-corrected chi connectivity index (χ3v) is 4.98. The van der Waals surface area contributed by atoms with Crippen molar-refractivity contribution in [3.63, 3.8) is 0 Å². The lowest BCUT2D eigenvalue weighted by atomic mass is 10.0.